The Bertz CT molecular complexity index is 1220. The monoisotopic (exact) mass is 451 g/mol. The topological polar surface area (TPSA) is 106 Å². The summed E-state index contributed by atoms with van der Waals surface area (Å²) >= 11 is 6.23. The average Bonchev–Trinajstić information content (AvgIpc) is 3.19. The SMILES string of the molecule is CCC(c1nc2n[nH]c(Cl)c2c(=O)n1Cc1ccccc1)N(CCN)Cc1ccncc1. The first kappa shape index (κ1) is 22.1. The molecule has 0 amide bonds. The predicted octanol–water partition coefficient (Wildman–Crippen LogP) is 3.13. The molecule has 8 nitrogen and oxygen atoms in total. The second kappa shape index (κ2) is 10.0. The fraction of sp³-hybridized carbons (Fsp3) is 0.304. The molecule has 166 valence electrons. The number of hydrogen-bond acceptors (Lipinski definition) is 6. The van der Waals surface area contributed by atoms with Gasteiger partial charge >= 0.3 is 0 Å². The van der Waals surface area contributed by atoms with Crippen molar-refractivity contribution in [3.63, 3.8) is 0 Å². The number of aromatic nitrogens is 5. The summed E-state index contributed by atoms with van der Waals surface area (Å²) in [6, 6.07) is 13.7. The zero-order valence-corrected chi connectivity index (χ0v) is 18.7. The summed E-state index contributed by atoms with van der Waals surface area (Å²) in [4.78, 5) is 24.7. The van der Waals surface area contributed by atoms with E-state index in [0.29, 0.717) is 43.0 Å². The Morgan fingerprint density at radius 2 is 1.91 bits per heavy atom. The van der Waals surface area contributed by atoms with Gasteiger partial charge in [0.2, 0.25) is 0 Å². The number of H-pyrrole nitrogens is 1. The first-order valence-corrected chi connectivity index (χ1v) is 11.0. The standard InChI is InChI=1S/C23H26ClN7O/c1-2-18(30(13-10-25)14-17-8-11-26-12-9-17)22-27-21-19(20(24)28-29-21)23(32)31(22)15-16-6-4-3-5-7-16/h3-9,11-12,18H,2,10,13-15,25H2,1H3,(H,28,29). The lowest BCUT2D eigenvalue weighted by molar-refractivity contribution is 0.176. The van der Waals surface area contributed by atoms with Crippen molar-refractivity contribution in [2.24, 2.45) is 5.73 Å². The molecule has 0 aliphatic heterocycles. The van der Waals surface area contributed by atoms with Crippen LogP contribution in [0, 0.1) is 0 Å². The fourth-order valence-corrected chi connectivity index (χ4v) is 4.21. The van der Waals surface area contributed by atoms with E-state index in [2.05, 4.69) is 27.0 Å². The Morgan fingerprint density at radius 3 is 2.59 bits per heavy atom. The highest BCUT2D eigenvalue weighted by molar-refractivity contribution is 6.33. The van der Waals surface area contributed by atoms with E-state index in [0.717, 1.165) is 17.5 Å². The van der Waals surface area contributed by atoms with Crippen molar-refractivity contribution >= 4 is 22.6 Å². The molecule has 1 aromatic carbocycles. The molecular formula is C23H26ClN7O. The Balaban J connectivity index is 1.83. The lowest BCUT2D eigenvalue weighted by Crippen LogP contribution is -2.37. The van der Waals surface area contributed by atoms with E-state index in [9.17, 15) is 4.79 Å². The number of benzene rings is 1. The maximum Gasteiger partial charge on any atom is 0.266 e. The van der Waals surface area contributed by atoms with Gasteiger partial charge in [0, 0.05) is 32.0 Å². The van der Waals surface area contributed by atoms with Crippen molar-refractivity contribution in [1.29, 1.82) is 0 Å². The Hall–Kier alpha value is -3.07. The Kier molecular flexibility index (Phi) is 6.94. The normalized spacial score (nSPS) is 12.5. The largest absolute Gasteiger partial charge is 0.329 e. The Labute approximate surface area is 191 Å². The number of pyridine rings is 1. The van der Waals surface area contributed by atoms with Crippen LogP contribution < -0.4 is 11.3 Å². The van der Waals surface area contributed by atoms with Crippen molar-refractivity contribution < 1.29 is 0 Å². The van der Waals surface area contributed by atoms with Gasteiger partial charge in [-0.05, 0) is 29.7 Å². The van der Waals surface area contributed by atoms with Gasteiger partial charge in [0.1, 0.15) is 16.4 Å². The molecule has 4 aromatic rings. The minimum absolute atomic E-state index is 0.136. The van der Waals surface area contributed by atoms with Gasteiger partial charge < -0.3 is 5.73 Å². The smallest absolute Gasteiger partial charge is 0.266 e. The number of rotatable bonds is 9. The van der Waals surface area contributed by atoms with Crippen molar-refractivity contribution in [1.82, 2.24) is 29.6 Å². The molecule has 0 aliphatic rings. The molecule has 0 saturated carbocycles. The van der Waals surface area contributed by atoms with Crippen LogP contribution in [0.1, 0.15) is 36.3 Å². The highest BCUT2D eigenvalue weighted by atomic mass is 35.5. The maximum absolute atomic E-state index is 13.5. The fourth-order valence-electron chi connectivity index (χ4n) is 4.00. The molecule has 4 rings (SSSR count). The van der Waals surface area contributed by atoms with Crippen LogP contribution in [0.5, 0.6) is 0 Å². The lowest BCUT2D eigenvalue weighted by atomic mass is 10.1. The number of fused-ring (bicyclic) bond motifs is 1. The molecule has 0 saturated heterocycles. The summed E-state index contributed by atoms with van der Waals surface area (Å²) in [5, 5.41) is 7.36. The number of nitrogens with two attached hydrogens (primary N) is 1. The summed E-state index contributed by atoms with van der Waals surface area (Å²) in [6.07, 6.45) is 4.30. The second-order valence-electron chi connectivity index (χ2n) is 7.62. The van der Waals surface area contributed by atoms with Crippen LogP contribution in [0.25, 0.3) is 11.0 Å². The first-order valence-electron chi connectivity index (χ1n) is 10.6. The van der Waals surface area contributed by atoms with Crippen LogP contribution in [0.2, 0.25) is 5.15 Å². The number of nitrogens with one attached hydrogen (secondary N) is 1. The van der Waals surface area contributed by atoms with Crippen molar-refractivity contribution in [2.45, 2.75) is 32.5 Å². The van der Waals surface area contributed by atoms with E-state index >= 15 is 0 Å². The lowest BCUT2D eigenvalue weighted by Gasteiger charge is -2.31. The zero-order chi connectivity index (χ0) is 22.5. The minimum Gasteiger partial charge on any atom is -0.329 e. The van der Waals surface area contributed by atoms with Crippen molar-refractivity contribution in [3.8, 4) is 0 Å². The Morgan fingerprint density at radius 1 is 1.16 bits per heavy atom. The highest BCUT2D eigenvalue weighted by Crippen LogP contribution is 2.26. The van der Waals surface area contributed by atoms with E-state index in [-0.39, 0.29) is 16.8 Å². The third-order valence-electron chi connectivity index (χ3n) is 5.52. The van der Waals surface area contributed by atoms with Gasteiger partial charge in [-0.1, -0.05) is 48.9 Å². The van der Waals surface area contributed by atoms with E-state index < -0.39 is 0 Å². The summed E-state index contributed by atoms with van der Waals surface area (Å²) < 4.78 is 1.71. The van der Waals surface area contributed by atoms with Crippen molar-refractivity contribution in [3.05, 3.63) is 87.3 Å². The molecule has 0 radical (unpaired) electrons. The highest BCUT2D eigenvalue weighted by Gasteiger charge is 2.26. The summed E-state index contributed by atoms with van der Waals surface area (Å²) in [7, 11) is 0. The van der Waals surface area contributed by atoms with Crippen LogP contribution in [0.15, 0.2) is 59.7 Å². The first-order chi connectivity index (χ1) is 15.6. The molecule has 0 aliphatic carbocycles. The third-order valence-corrected chi connectivity index (χ3v) is 5.79. The second-order valence-corrected chi connectivity index (χ2v) is 8.00. The molecule has 1 atom stereocenters. The summed E-state index contributed by atoms with van der Waals surface area (Å²) in [5.41, 5.74) is 8.21. The number of aromatic amines is 1. The summed E-state index contributed by atoms with van der Waals surface area (Å²) in [5.74, 6) is 0.652. The molecule has 32 heavy (non-hydrogen) atoms. The zero-order valence-electron chi connectivity index (χ0n) is 17.9. The van der Waals surface area contributed by atoms with Gasteiger partial charge in [-0.3, -0.25) is 24.3 Å². The quantitative estimate of drug-likeness (QED) is 0.405. The summed E-state index contributed by atoms with van der Waals surface area (Å²) in [6.45, 7) is 4.28. The molecule has 3 heterocycles. The van der Waals surface area contributed by atoms with Gasteiger partial charge in [0.05, 0.1) is 12.6 Å². The molecular weight excluding hydrogens is 426 g/mol. The van der Waals surface area contributed by atoms with Crippen LogP contribution >= 0.6 is 11.6 Å². The van der Waals surface area contributed by atoms with Crippen LogP contribution in [0.3, 0.4) is 0 Å². The van der Waals surface area contributed by atoms with Crippen molar-refractivity contribution in [2.75, 3.05) is 13.1 Å². The van der Waals surface area contributed by atoms with E-state index in [4.69, 9.17) is 22.3 Å². The van der Waals surface area contributed by atoms with E-state index in [1.165, 1.54) is 0 Å². The molecule has 0 bridgehead atoms. The number of hydrogen-bond donors (Lipinski definition) is 2. The molecule has 0 fully saturated rings. The average molecular weight is 452 g/mol. The predicted molar refractivity (Wildman–Crippen MR) is 125 cm³/mol. The van der Waals surface area contributed by atoms with Gasteiger partial charge in [-0.25, -0.2) is 4.98 Å². The van der Waals surface area contributed by atoms with Crippen LogP contribution in [-0.4, -0.2) is 42.7 Å². The number of halogens is 1. The molecule has 3 aromatic heterocycles. The van der Waals surface area contributed by atoms with Gasteiger partial charge in [-0.15, -0.1) is 0 Å². The van der Waals surface area contributed by atoms with Crippen LogP contribution in [-0.2, 0) is 13.1 Å². The van der Waals surface area contributed by atoms with Crippen LogP contribution in [0.4, 0.5) is 0 Å². The maximum atomic E-state index is 13.5. The minimum atomic E-state index is -0.206. The van der Waals surface area contributed by atoms with Gasteiger partial charge in [0.15, 0.2) is 5.65 Å². The molecule has 1 unspecified atom stereocenters. The third kappa shape index (κ3) is 4.57. The van der Waals surface area contributed by atoms with E-state index in [1.54, 1.807) is 17.0 Å². The molecule has 0 spiro atoms. The molecule has 9 heteroatoms. The number of nitrogens with zero attached hydrogens (tertiary/aromatic N) is 5. The molecule has 3 N–H and O–H groups in total. The van der Waals surface area contributed by atoms with Gasteiger partial charge in [-0.2, -0.15) is 5.10 Å². The van der Waals surface area contributed by atoms with E-state index in [1.807, 2.05) is 42.5 Å². The van der Waals surface area contributed by atoms with Gasteiger partial charge in [0.25, 0.3) is 5.56 Å².